The number of ether oxygens (including phenoxy) is 2. The fourth-order valence-electron chi connectivity index (χ4n) is 3.04. The van der Waals surface area contributed by atoms with Gasteiger partial charge in [0.05, 0.1) is 31.1 Å². The van der Waals surface area contributed by atoms with Gasteiger partial charge in [0.15, 0.2) is 6.29 Å². The monoisotopic (exact) mass is 322 g/mol. The molecule has 6 nitrogen and oxygen atoms in total. The lowest BCUT2D eigenvalue weighted by atomic mass is 9.83. The zero-order valence-corrected chi connectivity index (χ0v) is 14.4. The summed E-state index contributed by atoms with van der Waals surface area (Å²) in [5.74, 6) is 1.60. The Morgan fingerprint density at radius 2 is 2.04 bits per heavy atom. The third kappa shape index (κ3) is 4.15. The molecule has 23 heavy (non-hydrogen) atoms. The number of rotatable bonds is 6. The molecule has 0 spiro atoms. The van der Waals surface area contributed by atoms with Gasteiger partial charge in [0.1, 0.15) is 5.82 Å². The summed E-state index contributed by atoms with van der Waals surface area (Å²) in [7, 11) is 1.68. The zero-order chi connectivity index (χ0) is 16.2. The Bertz CT molecular complexity index is 508. The second kappa shape index (κ2) is 7.79. The number of aromatic nitrogens is 2. The highest BCUT2D eigenvalue weighted by Crippen LogP contribution is 2.17. The fraction of sp³-hybridized carbons (Fsp3) is 0.812. The highest BCUT2D eigenvalue weighted by atomic mass is 16.7. The van der Waals surface area contributed by atoms with E-state index in [1.165, 1.54) is 0 Å². The van der Waals surface area contributed by atoms with Crippen LogP contribution in [0.2, 0.25) is 0 Å². The Kier molecular flexibility index (Phi) is 5.74. The average Bonchev–Trinajstić information content (AvgIpc) is 3.16. The van der Waals surface area contributed by atoms with Gasteiger partial charge in [-0.05, 0) is 25.2 Å². The first-order valence-electron chi connectivity index (χ1n) is 8.66. The molecule has 1 unspecified atom stereocenters. The van der Waals surface area contributed by atoms with Crippen molar-refractivity contribution in [1.82, 2.24) is 9.55 Å². The molecule has 0 radical (unpaired) electrons. The molecule has 0 aliphatic carbocycles. The van der Waals surface area contributed by atoms with Crippen LogP contribution in [-0.4, -0.2) is 42.8 Å². The van der Waals surface area contributed by atoms with E-state index in [0.29, 0.717) is 25.7 Å². The van der Waals surface area contributed by atoms with Gasteiger partial charge in [-0.25, -0.2) is 4.98 Å². The van der Waals surface area contributed by atoms with E-state index < -0.39 is 0 Å². The van der Waals surface area contributed by atoms with E-state index in [2.05, 4.69) is 18.4 Å². The third-order valence-corrected chi connectivity index (χ3v) is 4.32. The summed E-state index contributed by atoms with van der Waals surface area (Å²) in [5, 5.41) is 0. The minimum Gasteiger partial charge on any atom is -0.404 e. The van der Waals surface area contributed by atoms with Gasteiger partial charge in [-0.2, -0.15) is 0 Å². The Morgan fingerprint density at radius 3 is 2.70 bits per heavy atom. The molecule has 1 aromatic heterocycles. The topological polar surface area (TPSA) is 54.7 Å². The van der Waals surface area contributed by atoms with E-state index in [9.17, 15) is 0 Å². The van der Waals surface area contributed by atoms with Crippen molar-refractivity contribution in [2.24, 2.45) is 13.0 Å². The van der Waals surface area contributed by atoms with Crippen LogP contribution in [0, 0.1) is 5.92 Å². The summed E-state index contributed by atoms with van der Waals surface area (Å²) >= 11 is 0. The van der Waals surface area contributed by atoms with E-state index >= 15 is 0 Å². The largest absolute Gasteiger partial charge is 0.515 e. The van der Waals surface area contributed by atoms with Crippen molar-refractivity contribution in [1.29, 1.82) is 0 Å². The Labute approximate surface area is 138 Å². The quantitative estimate of drug-likeness (QED) is 0.741. The summed E-state index contributed by atoms with van der Waals surface area (Å²) in [4.78, 5) is 4.79. The number of nitrogens with zero attached hydrogens (tertiary/aromatic N) is 2. The predicted octanol–water partition coefficient (Wildman–Crippen LogP) is 1.40. The maximum absolute atomic E-state index is 5.97. The van der Waals surface area contributed by atoms with Gasteiger partial charge >= 0.3 is 7.12 Å². The Balaban J connectivity index is 1.75. The molecular weight excluding hydrogens is 295 g/mol. The Hall–Kier alpha value is -0.885. The van der Waals surface area contributed by atoms with Crippen molar-refractivity contribution < 1.29 is 18.8 Å². The van der Waals surface area contributed by atoms with Crippen LogP contribution in [0.5, 0.6) is 0 Å². The minimum atomic E-state index is -0.368. The van der Waals surface area contributed by atoms with Crippen molar-refractivity contribution >= 4 is 12.7 Å². The molecule has 0 N–H and O–H groups in total. The van der Waals surface area contributed by atoms with Crippen molar-refractivity contribution in [3.63, 3.8) is 0 Å². The van der Waals surface area contributed by atoms with Crippen LogP contribution in [0.15, 0.2) is 0 Å². The van der Waals surface area contributed by atoms with Crippen LogP contribution in [0.25, 0.3) is 0 Å². The summed E-state index contributed by atoms with van der Waals surface area (Å²) < 4.78 is 25.1. The molecule has 3 heterocycles. The molecule has 0 bridgehead atoms. The summed E-state index contributed by atoms with van der Waals surface area (Å²) in [6.45, 7) is 6.90. The number of hydrogen-bond acceptors (Lipinski definition) is 5. The predicted molar refractivity (Wildman–Crippen MR) is 87.4 cm³/mol. The molecule has 2 aliphatic rings. The van der Waals surface area contributed by atoms with E-state index in [-0.39, 0.29) is 13.4 Å². The Morgan fingerprint density at radius 1 is 1.26 bits per heavy atom. The van der Waals surface area contributed by atoms with Crippen LogP contribution in [-0.2, 0) is 38.9 Å². The van der Waals surface area contributed by atoms with E-state index in [1.54, 1.807) is 0 Å². The lowest BCUT2D eigenvalue weighted by Crippen LogP contribution is -2.37. The maximum atomic E-state index is 5.97. The number of imidazole rings is 1. The van der Waals surface area contributed by atoms with Gasteiger partial charge in [-0.3, -0.25) is 0 Å². The minimum absolute atomic E-state index is 0.106. The first-order chi connectivity index (χ1) is 11.1. The SMILES string of the molecule is CC(C)Cc1nc(B2OCCO2)c(COC2CCCCO2)n1C. The normalized spacial score (nSPS) is 22.3. The van der Waals surface area contributed by atoms with Crippen molar-refractivity contribution in [2.45, 2.75) is 52.4 Å². The molecule has 0 amide bonds. The van der Waals surface area contributed by atoms with E-state index in [4.69, 9.17) is 23.8 Å². The first kappa shape index (κ1) is 17.0. The van der Waals surface area contributed by atoms with Crippen LogP contribution >= 0.6 is 0 Å². The average molecular weight is 322 g/mol. The first-order valence-corrected chi connectivity index (χ1v) is 8.66. The highest BCUT2D eigenvalue weighted by Gasteiger charge is 2.34. The van der Waals surface area contributed by atoms with Gasteiger partial charge in [0.2, 0.25) is 0 Å². The van der Waals surface area contributed by atoms with Gasteiger partial charge in [0, 0.05) is 20.1 Å². The van der Waals surface area contributed by atoms with Crippen LogP contribution in [0.4, 0.5) is 0 Å². The third-order valence-electron chi connectivity index (χ3n) is 4.32. The molecule has 7 heteroatoms. The molecule has 2 fully saturated rings. The van der Waals surface area contributed by atoms with Crippen molar-refractivity contribution in [2.75, 3.05) is 19.8 Å². The zero-order valence-electron chi connectivity index (χ0n) is 14.4. The molecule has 128 valence electrons. The molecule has 2 saturated heterocycles. The van der Waals surface area contributed by atoms with Gasteiger partial charge in [-0.15, -0.1) is 0 Å². The molecule has 3 rings (SSSR count). The second-order valence-corrected chi connectivity index (χ2v) is 6.70. The standard InChI is InChI=1S/C16H27BN2O4/c1-12(2)10-14-18-16(17-22-8-9-23-17)13(19(14)3)11-21-15-6-4-5-7-20-15/h12,15H,4-11H2,1-3H3. The molecule has 2 aliphatic heterocycles. The molecule has 1 aromatic rings. The molecule has 0 aromatic carbocycles. The number of hydrogen-bond donors (Lipinski definition) is 0. The van der Waals surface area contributed by atoms with Gasteiger partial charge < -0.3 is 23.3 Å². The van der Waals surface area contributed by atoms with E-state index in [1.807, 2.05) is 7.05 Å². The van der Waals surface area contributed by atoms with E-state index in [0.717, 1.165) is 49.4 Å². The highest BCUT2D eigenvalue weighted by molar-refractivity contribution is 6.61. The van der Waals surface area contributed by atoms with Crippen LogP contribution in [0.1, 0.15) is 44.6 Å². The summed E-state index contributed by atoms with van der Waals surface area (Å²) in [5.41, 5.74) is 1.89. The molecular formula is C16H27BN2O4. The fourth-order valence-corrected chi connectivity index (χ4v) is 3.04. The summed E-state index contributed by atoms with van der Waals surface area (Å²) in [6, 6.07) is 0. The molecule has 0 saturated carbocycles. The van der Waals surface area contributed by atoms with Gasteiger partial charge in [-0.1, -0.05) is 13.8 Å². The lowest BCUT2D eigenvalue weighted by molar-refractivity contribution is -0.169. The van der Waals surface area contributed by atoms with Crippen LogP contribution in [0.3, 0.4) is 0 Å². The maximum Gasteiger partial charge on any atom is 0.515 e. The second-order valence-electron chi connectivity index (χ2n) is 6.70. The van der Waals surface area contributed by atoms with Gasteiger partial charge in [0.25, 0.3) is 0 Å². The molecule has 1 atom stereocenters. The van der Waals surface area contributed by atoms with Crippen molar-refractivity contribution in [3.05, 3.63) is 11.5 Å². The van der Waals surface area contributed by atoms with Crippen molar-refractivity contribution in [3.8, 4) is 0 Å². The smallest absolute Gasteiger partial charge is 0.404 e. The lowest BCUT2D eigenvalue weighted by Gasteiger charge is -2.23. The summed E-state index contributed by atoms with van der Waals surface area (Å²) in [6.07, 6.45) is 4.07. The van der Waals surface area contributed by atoms with Crippen LogP contribution < -0.4 is 5.59 Å².